The number of H-pyrrole nitrogens is 1. The van der Waals surface area contributed by atoms with Gasteiger partial charge < -0.3 is 18.8 Å². The number of benzene rings is 1. The Morgan fingerprint density at radius 3 is 2.54 bits per heavy atom. The predicted octanol–water partition coefficient (Wildman–Crippen LogP) is 2.64. The number of aromatic nitrogens is 4. The monoisotopic (exact) mass is 591 g/mol. The van der Waals surface area contributed by atoms with Crippen LogP contribution in [0.15, 0.2) is 27.9 Å². The van der Waals surface area contributed by atoms with Gasteiger partial charge in [0.2, 0.25) is 16.8 Å². The predicted molar refractivity (Wildman–Crippen MR) is 152 cm³/mol. The third kappa shape index (κ3) is 6.39. The van der Waals surface area contributed by atoms with Crippen molar-refractivity contribution in [3.05, 3.63) is 34.2 Å². The quantitative estimate of drug-likeness (QED) is 0.278. The second-order valence-electron chi connectivity index (χ2n) is 10.7. The van der Waals surface area contributed by atoms with Gasteiger partial charge in [0.25, 0.3) is 0 Å². The highest BCUT2D eigenvalue weighted by atomic mass is 32.2. The van der Waals surface area contributed by atoms with Gasteiger partial charge in [0.15, 0.2) is 5.52 Å². The lowest BCUT2D eigenvalue weighted by Gasteiger charge is -2.40. The average Bonchev–Trinajstić information content (AvgIpc) is 3.35. The van der Waals surface area contributed by atoms with Crippen molar-refractivity contribution in [3.8, 4) is 17.1 Å². The standard InChI is InChI=1S/C27H38N6O7S/c1-7-9-21-24-23(30-29-21)26(34)28-25(31(24)5)20-16-19(10-11-22(20)38-8-2)41(36,37)32-12-14-33(6,15-13-32)17-39-27(35)40-18(3)4/h10-11,16,18H,7-9,12-15,17H2,1-6H3/p+1. The Kier molecular flexibility index (Phi) is 9.04. The van der Waals surface area contributed by atoms with Gasteiger partial charge in [-0.3, -0.25) is 14.4 Å². The van der Waals surface area contributed by atoms with Crippen LogP contribution in [-0.4, -0.2) is 95.8 Å². The van der Waals surface area contributed by atoms with E-state index in [1.807, 2.05) is 20.9 Å². The zero-order valence-corrected chi connectivity index (χ0v) is 25.3. The van der Waals surface area contributed by atoms with Gasteiger partial charge in [-0.2, -0.15) is 14.4 Å². The summed E-state index contributed by atoms with van der Waals surface area (Å²) in [6, 6.07) is 4.62. The van der Waals surface area contributed by atoms with Gasteiger partial charge in [0.1, 0.15) is 11.6 Å². The Morgan fingerprint density at radius 1 is 1.20 bits per heavy atom. The summed E-state index contributed by atoms with van der Waals surface area (Å²) in [5.41, 5.74) is 1.56. The number of sulfonamides is 1. The molecule has 0 saturated carbocycles. The highest BCUT2D eigenvalue weighted by Gasteiger charge is 2.36. The van der Waals surface area contributed by atoms with E-state index in [-0.39, 0.29) is 42.2 Å². The fourth-order valence-electron chi connectivity index (χ4n) is 4.89. The molecule has 224 valence electrons. The molecular formula is C27H39N6O7S+. The molecule has 1 aliphatic rings. The van der Waals surface area contributed by atoms with E-state index in [0.29, 0.717) is 47.4 Å². The molecular weight excluding hydrogens is 552 g/mol. The Balaban J connectivity index is 1.64. The van der Waals surface area contributed by atoms with Crippen molar-refractivity contribution >= 4 is 27.2 Å². The molecule has 0 radical (unpaired) electrons. The number of aryl methyl sites for hydroxylation is 2. The van der Waals surface area contributed by atoms with E-state index in [0.717, 1.165) is 12.1 Å². The van der Waals surface area contributed by atoms with Crippen LogP contribution in [0.3, 0.4) is 0 Å². The normalized spacial score (nSPS) is 15.8. The van der Waals surface area contributed by atoms with Crippen molar-refractivity contribution in [2.24, 2.45) is 7.05 Å². The number of carbonyl (C=O) groups excluding carboxylic acids is 1. The zero-order chi connectivity index (χ0) is 29.9. The van der Waals surface area contributed by atoms with Gasteiger partial charge in [-0.05, 0) is 45.4 Å². The maximum absolute atomic E-state index is 13.8. The number of ether oxygens (including phenoxy) is 3. The summed E-state index contributed by atoms with van der Waals surface area (Å²) in [5, 5.41) is 7.11. The molecule has 0 unspecified atom stereocenters. The third-order valence-corrected chi connectivity index (χ3v) is 9.00. The van der Waals surface area contributed by atoms with E-state index < -0.39 is 21.7 Å². The largest absolute Gasteiger partial charge is 0.512 e. The molecule has 2 aromatic heterocycles. The fourth-order valence-corrected chi connectivity index (χ4v) is 6.34. The van der Waals surface area contributed by atoms with Crippen LogP contribution in [0.5, 0.6) is 5.75 Å². The SMILES string of the molecule is CCCc1[nH]nc2c(=O)nc(-c3cc(S(=O)(=O)N4CC[N+](C)(COC(=O)OC(C)C)CC4)ccc3OCC)n(C)c12. The van der Waals surface area contributed by atoms with E-state index in [1.54, 1.807) is 31.5 Å². The minimum Gasteiger partial charge on any atom is -0.493 e. The van der Waals surface area contributed by atoms with Gasteiger partial charge in [-0.1, -0.05) is 13.3 Å². The van der Waals surface area contributed by atoms with E-state index in [4.69, 9.17) is 14.2 Å². The van der Waals surface area contributed by atoms with Crippen LogP contribution in [0.25, 0.3) is 22.4 Å². The number of likely N-dealkylation sites (N-methyl/N-ethyl adjacent to an activating group) is 1. The van der Waals surface area contributed by atoms with E-state index in [9.17, 15) is 18.0 Å². The lowest BCUT2D eigenvalue weighted by atomic mass is 10.1. The van der Waals surface area contributed by atoms with Crippen LogP contribution >= 0.6 is 0 Å². The number of aromatic amines is 1. The van der Waals surface area contributed by atoms with Crippen LogP contribution in [0.2, 0.25) is 0 Å². The first kappa shape index (κ1) is 30.5. The Morgan fingerprint density at radius 2 is 1.90 bits per heavy atom. The maximum Gasteiger partial charge on any atom is 0.512 e. The summed E-state index contributed by atoms with van der Waals surface area (Å²) in [6.07, 6.45) is 0.514. The number of nitrogens with one attached hydrogen (secondary N) is 1. The molecule has 0 bridgehead atoms. The number of hydrogen-bond acceptors (Lipinski definition) is 9. The average molecular weight is 592 g/mol. The first-order valence-corrected chi connectivity index (χ1v) is 15.2. The lowest BCUT2D eigenvalue weighted by Crippen LogP contribution is -2.59. The third-order valence-electron chi connectivity index (χ3n) is 7.11. The topological polar surface area (TPSA) is 146 Å². The van der Waals surface area contributed by atoms with Crippen LogP contribution < -0.4 is 10.3 Å². The number of quaternary nitrogens is 1. The van der Waals surface area contributed by atoms with E-state index in [1.165, 1.54) is 16.4 Å². The highest BCUT2D eigenvalue weighted by molar-refractivity contribution is 7.89. The number of hydrogen-bond donors (Lipinski definition) is 1. The molecule has 14 heteroatoms. The first-order valence-electron chi connectivity index (χ1n) is 13.8. The van der Waals surface area contributed by atoms with Crippen LogP contribution in [0.1, 0.15) is 39.8 Å². The van der Waals surface area contributed by atoms with Crippen molar-refractivity contribution in [3.63, 3.8) is 0 Å². The summed E-state index contributed by atoms with van der Waals surface area (Å²) >= 11 is 0. The minimum absolute atomic E-state index is 0.0686. The van der Waals surface area contributed by atoms with E-state index in [2.05, 4.69) is 15.2 Å². The van der Waals surface area contributed by atoms with Crippen molar-refractivity contribution in [2.45, 2.75) is 51.5 Å². The van der Waals surface area contributed by atoms with Gasteiger partial charge in [0, 0.05) is 7.05 Å². The molecule has 1 N–H and O–H groups in total. The second kappa shape index (κ2) is 12.2. The van der Waals surface area contributed by atoms with Crippen LogP contribution in [0.4, 0.5) is 4.79 Å². The van der Waals surface area contributed by atoms with Crippen molar-refractivity contribution in [1.82, 2.24) is 24.1 Å². The van der Waals surface area contributed by atoms with Gasteiger partial charge in [0.05, 0.1) is 67.6 Å². The van der Waals surface area contributed by atoms with Crippen LogP contribution in [0, 0.1) is 0 Å². The molecule has 1 aromatic carbocycles. The van der Waals surface area contributed by atoms with Crippen molar-refractivity contribution in [2.75, 3.05) is 46.6 Å². The summed E-state index contributed by atoms with van der Waals surface area (Å²) in [4.78, 5) is 29.1. The Bertz CT molecular complexity index is 1570. The summed E-state index contributed by atoms with van der Waals surface area (Å²) in [7, 11) is -0.206. The van der Waals surface area contributed by atoms with Crippen LogP contribution in [-0.2, 0) is 33.0 Å². The summed E-state index contributed by atoms with van der Waals surface area (Å²) in [5.74, 6) is 0.706. The van der Waals surface area contributed by atoms with Gasteiger partial charge in [-0.15, -0.1) is 0 Å². The molecule has 0 aliphatic carbocycles. The molecule has 0 spiro atoms. The molecule has 3 heterocycles. The fraction of sp³-hybridized carbons (Fsp3) is 0.556. The number of carbonyl (C=O) groups is 1. The number of fused-ring (bicyclic) bond motifs is 1. The molecule has 1 aliphatic heterocycles. The molecule has 3 aromatic rings. The first-order chi connectivity index (χ1) is 19.4. The van der Waals surface area contributed by atoms with Crippen molar-refractivity contribution < 1.29 is 31.9 Å². The molecule has 4 rings (SSSR count). The molecule has 41 heavy (non-hydrogen) atoms. The van der Waals surface area contributed by atoms with Gasteiger partial charge in [-0.25, -0.2) is 13.2 Å². The zero-order valence-electron chi connectivity index (χ0n) is 24.5. The molecule has 0 atom stereocenters. The summed E-state index contributed by atoms with van der Waals surface area (Å²) in [6.45, 7) is 9.14. The van der Waals surface area contributed by atoms with Crippen molar-refractivity contribution in [1.29, 1.82) is 0 Å². The number of nitrogens with zero attached hydrogens (tertiary/aromatic N) is 5. The Hall–Kier alpha value is -3.49. The smallest absolute Gasteiger partial charge is 0.493 e. The molecule has 13 nitrogen and oxygen atoms in total. The summed E-state index contributed by atoms with van der Waals surface area (Å²) < 4.78 is 47.2. The molecule has 1 saturated heterocycles. The highest BCUT2D eigenvalue weighted by Crippen LogP contribution is 2.33. The van der Waals surface area contributed by atoms with E-state index >= 15 is 0 Å². The molecule has 0 amide bonds. The number of piperazine rings is 1. The molecule has 1 fully saturated rings. The maximum atomic E-state index is 13.8. The minimum atomic E-state index is -3.89. The lowest BCUT2D eigenvalue weighted by molar-refractivity contribution is -0.928. The van der Waals surface area contributed by atoms with Gasteiger partial charge >= 0.3 is 11.7 Å². The number of rotatable bonds is 10. The Labute approximate surface area is 239 Å². The second-order valence-corrected chi connectivity index (χ2v) is 12.6.